The van der Waals surface area contributed by atoms with Crippen LogP contribution in [-0.2, 0) is 85.5 Å². The fraction of sp³-hybridized carbons (Fsp3) is 0.833. The SMILES string of the molecule is CCCCCCCCCCCC(=O)OC1C(C)OC(OC2C(C)OC(OC3C(C)OC4OC5C(OC(CCCCC)CCCCCCCCCC(=O)OC3C4O)OC(C)C(O)C5O)C(OC(=O)C(C)CC)C2OC2OC(C)C(O)C(O)C2O)C(O)C1OC(=O)C=Cc1ccccc1. The lowest BCUT2D eigenvalue weighted by molar-refractivity contribution is -0.399. The lowest BCUT2D eigenvalue weighted by Crippen LogP contribution is -2.68. The van der Waals surface area contributed by atoms with Crippen LogP contribution in [0.25, 0.3) is 6.08 Å². The summed E-state index contributed by atoms with van der Waals surface area (Å²) in [5, 5.41) is 81.7. The Morgan fingerprint density at radius 3 is 1.74 bits per heavy atom. The van der Waals surface area contributed by atoms with Gasteiger partial charge in [-0.3, -0.25) is 14.4 Å². The van der Waals surface area contributed by atoms with Gasteiger partial charge >= 0.3 is 23.9 Å². The molecule has 0 saturated carbocycles. The van der Waals surface area contributed by atoms with Crippen molar-refractivity contribution in [2.75, 3.05) is 0 Å². The molecule has 6 aliphatic rings. The Kier molecular flexibility index (Phi) is 33.8. The topological polar surface area (TPSA) is 339 Å². The Labute approximate surface area is 573 Å². The quantitative estimate of drug-likeness (QED) is 0.0193. The number of hydrogen-bond acceptors (Lipinski definition) is 25. The maximum absolute atomic E-state index is 14.4. The van der Waals surface area contributed by atoms with E-state index < -0.39 is 183 Å². The second-order valence-electron chi connectivity index (χ2n) is 27.5. The van der Waals surface area contributed by atoms with Crippen LogP contribution in [0.15, 0.2) is 36.4 Å². The maximum atomic E-state index is 14.4. The van der Waals surface area contributed by atoms with Crippen molar-refractivity contribution in [1.29, 1.82) is 0 Å². The second-order valence-corrected chi connectivity index (χ2v) is 27.5. The Bertz CT molecular complexity index is 2490. The van der Waals surface area contributed by atoms with Crippen molar-refractivity contribution in [1.82, 2.24) is 0 Å². The molecule has 6 saturated heterocycles. The number of unbranched alkanes of at least 4 members (excludes halogenated alkanes) is 10. The zero-order valence-electron chi connectivity index (χ0n) is 58.6. The highest BCUT2D eigenvalue weighted by atomic mass is 16.8. The van der Waals surface area contributed by atoms with Crippen LogP contribution >= 0.6 is 0 Å². The van der Waals surface area contributed by atoms with Crippen molar-refractivity contribution in [3.05, 3.63) is 42.0 Å². The molecule has 0 aromatic heterocycles. The van der Waals surface area contributed by atoms with Gasteiger partial charge in [0, 0.05) is 18.9 Å². The van der Waals surface area contributed by atoms with Gasteiger partial charge in [-0.25, -0.2) is 4.79 Å². The van der Waals surface area contributed by atoms with Crippen molar-refractivity contribution in [3.63, 3.8) is 0 Å². The van der Waals surface area contributed by atoms with Gasteiger partial charge in [0.1, 0.15) is 67.1 Å². The third kappa shape index (κ3) is 23.3. The number of fused-ring (bicyclic) bond motifs is 3. The third-order valence-corrected chi connectivity index (χ3v) is 19.6. The van der Waals surface area contributed by atoms with E-state index in [4.69, 9.17) is 66.3 Å². The first-order chi connectivity index (χ1) is 46.5. The van der Waals surface area contributed by atoms with Gasteiger partial charge in [0.2, 0.25) is 0 Å². The van der Waals surface area contributed by atoms with Crippen LogP contribution in [0.2, 0.25) is 0 Å². The van der Waals surface area contributed by atoms with E-state index in [1.165, 1.54) is 32.8 Å². The van der Waals surface area contributed by atoms with Crippen molar-refractivity contribution in [2.24, 2.45) is 5.92 Å². The van der Waals surface area contributed by atoms with Gasteiger partial charge in [-0.15, -0.1) is 0 Å². The van der Waals surface area contributed by atoms with Crippen LogP contribution < -0.4 is 0 Å². The number of benzene rings is 1. The third-order valence-electron chi connectivity index (χ3n) is 19.6. The summed E-state index contributed by atoms with van der Waals surface area (Å²) in [6.45, 7) is 15.3. The largest absolute Gasteiger partial charge is 0.456 e. The summed E-state index contributed by atoms with van der Waals surface area (Å²) < 4.78 is 89.7. The van der Waals surface area contributed by atoms with Gasteiger partial charge in [0.25, 0.3) is 0 Å². The van der Waals surface area contributed by atoms with Gasteiger partial charge in [-0.2, -0.15) is 0 Å². The molecular formula is C72H116O25. The molecular weight excluding hydrogens is 1260 g/mol. The fourth-order valence-corrected chi connectivity index (χ4v) is 13.3. The monoisotopic (exact) mass is 1380 g/mol. The standard InChI is InChI=1S/C72H116O25/c1-10-13-15-16-17-18-21-24-31-37-49(73)90-59-44(7)86-69(57(81)62(59)92-51(75)40-39-47-33-28-26-29-34-47)94-61-46(9)88-72(66(93-67(83)41(4)12-3)65(61)97-68-56(80)54(78)52(76)42(5)84-68)95-60-45(8)87-70-58(82)63(60)91-50(74)38-32-25-22-19-20-23-30-36-48(35-27-14-11-2)89-71-64(96-70)55(79)53(77)43(6)85-71/h26,28-29,33-34,39-46,48,52-66,68-72,76-82H,10-25,27,30-32,35-38H2,1-9H3. The van der Waals surface area contributed by atoms with Crippen molar-refractivity contribution >= 4 is 30.0 Å². The highest BCUT2D eigenvalue weighted by Crippen LogP contribution is 2.40. The summed E-state index contributed by atoms with van der Waals surface area (Å²) in [6, 6.07) is 8.93. The van der Waals surface area contributed by atoms with E-state index in [1.54, 1.807) is 58.9 Å². The number of carbonyl (C=O) groups is 4. The molecule has 1 aromatic rings. The van der Waals surface area contributed by atoms with E-state index in [0.29, 0.717) is 31.2 Å². The molecule has 27 unspecified atom stereocenters. The van der Waals surface area contributed by atoms with Crippen LogP contribution in [0.4, 0.5) is 0 Å². The average molecular weight is 1380 g/mol. The highest BCUT2D eigenvalue weighted by molar-refractivity contribution is 5.87. The molecule has 0 spiro atoms. The molecule has 0 aliphatic carbocycles. The molecule has 6 heterocycles. The predicted octanol–water partition coefficient (Wildman–Crippen LogP) is 7.60. The van der Waals surface area contributed by atoms with Crippen molar-refractivity contribution < 1.29 is 121 Å². The van der Waals surface area contributed by atoms with Crippen LogP contribution in [0, 0.1) is 5.92 Å². The number of esters is 4. The number of ether oxygens (including phenoxy) is 14. The Morgan fingerprint density at radius 2 is 1.05 bits per heavy atom. The molecule has 7 rings (SSSR count). The highest BCUT2D eigenvalue weighted by Gasteiger charge is 2.59. The van der Waals surface area contributed by atoms with Crippen LogP contribution in [0.5, 0.6) is 0 Å². The first-order valence-electron chi connectivity index (χ1n) is 36.4. The molecule has 25 heteroatoms. The van der Waals surface area contributed by atoms with E-state index in [2.05, 4.69) is 13.8 Å². The second kappa shape index (κ2) is 40.7. The summed E-state index contributed by atoms with van der Waals surface area (Å²) in [6.07, 6.45) is -17.1. The molecule has 25 nitrogen and oxygen atoms in total. The molecule has 0 amide bonds. The number of carbonyl (C=O) groups excluding carboxylic acids is 4. The lowest BCUT2D eigenvalue weighted by atomic mass is 9.95. The fourth-order valence-electron chi connectivity index (χ4n) is 13.3. The molecule has 0 radical (unpaired) electrons. The smallest absolute Gasteiger partial charge is 0.331 e. The van der Waals surface area contributed by atoms with Gasteiger partial charge in [0.15, 0.2) is 55.9 Å². The van der Waals surface area contributed by atoms with E-state index in [1.807, 2.05) is 6.07 Å². The normalized spacial score (nSPS) is 38.5. The molecule has 97 heavy (non-hydrogen) atoms. The molecule has 554 valence electrons. The minimum atomic E-state index is -1.95. The Balaban J connectivity index is 1.22. The van der Waals surface area contributed by atoms with Crippen LogP contribution in [-0.4, -0.2) is 219 Å². The number of hydrogen-bond donors (Lipinski definition) is 7. The molecule has 2 bridgehead atoms. The zero-order chi connectivity index (χ0) is 70.3. The summed E-state index contributed by atoms with van der Waals surface area (Å²) in [5.41, 5.74) is 0.669. The summed E-state index contributed by atoms with van der Waals surface area (Å²) in [4.78, 5) is 56.0. The molecule has 6 aliphatic heterocycles. The van der Waals surface area contributed by atoms with E-state index in [-0.39, 0.29) is 25.4 Å². The maximum Gasteiger partial charge on any atom is 0.331 e. The molecule has 6 fully saturated rings. The number of aliphatic hydroxyl groups excluding tert-OH is 7. The van der Waals surface area contributed by atoms with Crippen LogP contribution in [0.1, 0.15) is 222 Å². The summed E-state index contributed by atoms with van der Waals surface area (Å²) in [7, 11) is 0. The van der Waals surface area contributed by atoms with Crippen molar-refractivity contribution in [3.8, 4) is 0 Å². The van der Waals surface area contributed by atoms with E-state index in [0.717, 1.165) is 102 Å². The summed E-state index contributed by atoms with van der Waals surface area (Å²) in [5.74, 6) is -3.81. The lowest BCUT2D eigenvalue weighted by Gasteiger charge is -2.51. The van der Waals surface area contributed by atoms with Gasteiger partial charge < -0.3 is 102 Å². The van der Waals surface area contributed by atoms with E-state index in [9.17, 15) is 54.9 Å². The Morgan fingerprint density at radius 1 is 0.495 bits per heavy atom. The number of rotatable bonds is 27. The zero-order valence-corrected chi connectivity index (χ0v) is 58.6. The van der Waals surface area contributed by atoms with Gasteiger partial charge in [0.05, 0.1) is 42.5 Å². The first-order valence-corrected chi connectivity index (χ1v) is 36.4. The molecule has 7 N–H and O–H groups in total. The number of aliphatic hydroxyl groups is 7. The van der Waals surface area contributed by atoms with E-state index >= 15 is 0 Å². The van der Waals surface area contributed by atoms with Crippen molar-refractivity contribution in [2.45, 2.75) is 376 Å². The predicted molar refractivity (Wildman–Crippen MR) is 350 cm³/mol. The average Bonchev–Trinajstić information content (AvgIpc) is 0.774. The summed E-state index contributed by atoms with van der Waals surface area (Å²) >= 11 is 0. The molecule has 1 aromatic carbocycles. The van der Waals surface area contributed by atoms with Gasteiger partial charge in [-0.1, -0.05) is 167 Å². The van der Waals surface area contributed by atoms with Gasteiger partial charge in [-0.05, 0) is 78.4 Å². The van der Waals surface area contributed by atoms with Crippen LogP contribution in [0.3, 0.4) is 0 Å². The first kappa shape index (κ1) is 80.5. The Hall–Kier alpha value is -3.84. The minimum absolute atomic E-state index is 0.0429. The molecule has 27 atom stereocenters. The minimum Gasteiger partial charge on any atom is -0.456 e.